The van der Waals surface area contributed by atoms with Crippen molar-refractivity contribution in [3.8, 4) is 5.75 Å². The number of carbonyl (C=O) groups is 1. The first-order chi connectivity index (χ1) is 14.1. The minimum atomic E-state index is -0.325. The fourth-order valence-electron chi connectivity index (χ4n) is 2.86. The van der Waals surface area contributed by atoms with E-state index in [9.17, 15) is 4.79 Å². The second-order valence-corrected chi connectivity index (χ2v) is 6.83. The van der Waals surface area contributed by atoms with Crippen LogP contribution in [-0.4, -0.2) is 41.4 Å². The van der Waals surface area contributed by atoms with E-state index in [1.54, 1.807) is 11.8 Å². The second-order valence-electron chi connectivity index (χ2n) is 6.48. The molecular weight excluding hydrogens is 390 g/mol. The molecule has 3 rings (SSSR count). The summed E-state index contributed by atoms with van der Waals surface area (Å²) in [5.41, 5.74) is 2.11. The summed E-state index contributed by atoms with van der Waals surface area (Å²) in [6.07, 6.45) is 0.510. The molecule has 2 aromatic carbocycles. The lowest BCUT2D eigenvalue weighted by molar-refractivity contribution is -0.142. The molecule has 1 aromatic heterocycles. The Morgan fingerprint density at radius 1 is 1.10 bits per heavy atom. The number of aromatic nitrogens is 2. The van der Waals surface area contributed by atoms with E-state index in [1.807, 2.05) is 59.5 Å². The molecular formula is C21H23N3O4S. The maximum atomic E-state index is 11.8. The Labute approximate surface area is 174 Å². The van der Waals surface area contributed by atoms with Crippen LogP contribution in [0.25, 0.3) is 0 Å². The van der Waals surface area contributed by atoms with Crippen molar-refractivity contribution in [1.82, 2.24) is 14.7 Å². The Morgan fingerprint density at radius 2 is 1.83 bits per heavy atom. The average molecular weight is 413 g/mol. The number of hydrogen-bond acceptors (Lipinski definition) is 7. The molecule has 3 aromatic rings. The van der Waals surface area contributed by atoms with E-state index in [0.29, 0.717) is 25.5 Å². The van der Waals surface area contributed by atoms with Gasteiger partial charge in [0.15, 0.2) is 0 Å². The van der Waals surface area contributed by atoms with Gasteiger partial charge in [0.05, 0.1) is 33.9 Å². The smallest absolute Gasteiger partial charge is 0.319 e. The van der Waals surface area contributed by atoms with Gasteiger partial charge in [0.1, 0.15) is 5.75 Å². The third-order valence-electron chi connectivity index (χ3n) is 4.33. The number of carbonyl (C=O) groups excluding carboxylic acids is 1. The number of hydrogen-bond donors (Lipinski definition) is 0. The summed E-state index contributed by atoms with van der Waals surface area (Å²) in [5.74, 6) is 0.979. The van der Waals surface area contributed by atoms with E-state index in [-0.39, 0.29) is 17.4 Å². The van der Waals surface area contributed by atoms with E-state index < -0.39 is 0 Å². The molecule has 0 amide bonds. The summed E-state index contributed by atoms with van der Waals surface area (Å²) in [7, 11) is 3.00. The van der Waals surface area contributed by atoms with Crippen LogP contribution in [0.3, 0.4) is 0 Å². The zero-order valence-electron chi connectivity index (χ0n) is 16.4. The Bertz CT molecular complexity index is 983. The van der Waals surface area contributed by atoms with Crippen molar-refractivity contribution in [1.29, 1.82) is 0 Å². The first-order valence-corrected chi connectivity index (χ1v) is 9.51. The van der Waals surface area contributed by atoms with Crippen LogP contribution in [0.1, 0.15) is 17.0 Å². The van der Waals surface area contributed by atoms with Gasteiger partial charge < -0.3 is 13.9 Å². The van der Waals surface area contributed by atoms with Gasteiger partial charge in [0.25, 0.3) is 4.84 Å². The summed E-state index contributed by atoms with van der Waals surface area (Å²) in [6.45, 7) is 0.987. The number of esters is 1. The van der Waals surface area contributed by atoms with Crippen LogP contribution in [0.4, 0.5) is 0 Å². The molecule has 0 spiro atoms. The van der Waals surface area contributed by atoms with Crippen LogP contribution in [0.5, 0.6) is 5.75 Å². The van der Waals surface area contributed by atoms with Crippen molar-refractivity contribution in [2.24, 2.45) is 0 Å². The molecule has 0 bridgehead atoms. The lowest BCUT2D eigenvalue weighted by Gasteiger charge is -2.20. The molecule has 0 atom stereocenters. The number of nitrogens with zero attached hydrogens (tertiary/aromatic N) is 3. The zero-order valence-corrected chi connectivity index (χ0v) is 17.2. The third kappa shape index (κ3) is 6.00. The molecule has 0 saturated heterocycles. The first-order valence-electron chi connectivity index (χ1n) is 9.10. The van der Waals surface area contributed by atoms with Crippen LogP contribution >= 0.6 is 12.2 Å². The van der Waals surface area contributed by atoms with Gasteiger partial charge in [-0.1, -0.05) is 42.5 Å². The lowest BCUT2D eigenvalue weighted by Crippen LogP contribution is -2.32. The van der Waals surface area contributed by atoms with Crippen molar-refractivity contribution in [3.05, 3.63) is 76.5 Å². The van der Waals surface area contributed by atoms with Gasteiger partial charge in [-0.2, -0.15) is 0 Å². The highest BCUT2D eigenvalue weighted by atomic mass is 32.1. The SMILES string of the molecule is COC(=O)CN(Cc1ccccc1)Cn1nc(Cc2ccc(OC)cc2)oc1=S. The van der Waals surface area contributed by atoms with E-state index in [1.165, 1.54) is 7.11 Å². The molecule has 0 aliphatic rings. The van der Waals surface area contributed by atoms with Gasteiger partial charge in [-0.05, 0) is 35.5 Å². The molecule has 0 radical (unpaired) electrons. The Morgan fingerprint density at radius 3 is 2.48 bits per heavy atom. The van der Waals surface area contributed by atoms with Crippen LogP contribution in [0, 0.1) is 4.84 Å². The molecule has 8 heteroatoms. The minimum Gasteiger partial charge on any atom is -0.497 e. The fraction of sp³-hybridized carbons (Fsp3) is 0.286. The number of benzene rings is 2. The molecule has 152 valence electrons. The summed E-state index contributed by atoms with van der Waals surface area (Å²) in [5, 5.41) is 4.48. The van der Waals surface area contributed by atoms with E-state index in [0.717, 1.165) is 16.9 Å². The van der Waals surface area contributed by atoms with E-state index in [4.69, 9.17) is 26.1 Å². The summed E-state index contributed by atoms with van der Waals surface area (Å²) < 4.78 is 17.2. The molecule has 0 aliphatic heterocycles. The Kier molecular flexibility index (Phi) is 7.15. The molecule has 0 N–H and O–H groups in total. The Balaban J connectivity index is 1.73. The van der Waals surface area contributed by atoms with Gasteiger partial charge in [-0.15, -0.1) is 5.10 Å². The summed E-state index contributed by atoms with van der Waals surface area (Å²) in [4.78, 5) is 14.0. The molecule has 0 saturated carbocycles. The highest BCUT2D eigenvalue weighted by Crippen LogP contribution is 2.15. The molecule has 29 heavy (non-hydrogen) atoms. The van der Waals surface area contributed by atoms with Crippen LogP contribution < -0.4 is 4.74 Å². The standard InChI is InChI=1S/C21H23N3O4S/c1-26-18-10-8-16(9-11-18)12-19-22-24(21(29)28-19)15-23(14-20(25)27-2)13-17-6-4-3-5-7-17/h3-11H,12-15H2,1-2H3. The van der Waals surface area contributed by atoms with Gasteiger partial charge in [0.2, 0.25) is 5.89 Å². The lowest BCUT2D eigenvalue weighted by atomic mass is 10.1. The summed E-state index contributed by atoms with van der Waals surface area (Å²) in [6, 6.07) is 17.6. The third-order valence-corrected chi connectivity index (χ3v) is 4.62. The average Bonchev–Trinajstić information content (AvgIpc) is 3.07. The number of ether oxygens (including phenoxy) is 2. The van der Waals surface area contributed by atoms with Crippen molar-refractivity contribution in [2.45, 2.75) is 19.6 Å². The highest BCUT2D eigenvalue weighted by Gasteiger charge is 2.15. The Hall–Kier alpha value is -2.97. The molecule has 0 fully saturated rings. The predicted octanol–water partition coefficient (Wildman–Crippen LogP) is 3.44. The van der Waals surface area contributed by atoms with Gasteiger partial charge >= 0.3 is 5.97 Å². The topological polar surface area (TPSA) is 69.7 Å². The predicted molar refractivity (Wildman–Crippen MR) is 110 cm³/mol. The molecule has 7 nitrogen and oxygen atoms in total. The van der Waals surface area contributed by atoms with Gasteiger partial charge in [0, 0.05) is 6.54 Å². The maximum absolute atomic E-state index is 11.8. The zero-order chi connectivity index (χ0) is 20.6. The van der Waals surface area contributed by atoms with Gasteiger partial charge in [-0.25, -0.2) is 4.68 Å². The quantitative estimate of drug-likeness (QED) is 0.393. The monoisotopic (exact) mass is 413 g/mol. The molecule has 0 unspecified atom stereocenters. The van der Waals surface area contributed by atoms with Crippen molar-refractivity contribution in [2.75, 3.05) is 20.8 Å². The molecule has 1 heterocycles. The molecule has 0 aliphatic carbocycles. The summed E-state index contributed by atoms with van der Waals surface area (Å²) >= 11 is 5.32. The van der Waals surface area contributed by atoms with Crippen LogP contribution in [0.15, 0.2) is 59.0 Å². The van der Waals surface area contributed by atoms with E-state index in [2.05, 4.69) is 5.10 Å². The van der Waals surface area contributed by atoms with Crippen molar-refractivity contribution >= 4 is 18.2 Å². The first kappa shape index (κ1) is 20.8. The van der Waals surface area contributed by atoms with Crippen molar-refractivity contribution in [3.63, 3.8) is 0 Å². The second kappa shape index (κ2) is 9.99. The van der Waals surface area contributed by atoms with Gasteiger partial charge in [-0.3, -0.25) is 9.69 Å². The normalized spacial score (nSPS) is 10.9. The maximum Gasteiger partial charge on any atom is 0.319 e. The largest absolute Gasteiger partial charge is 0.497 e. The van der Waals surface area contributed by atoms with Crippen LogP contribution in [0.2, 0.25) is 0 Å². The fourth-order valence-corrected chi connectivity index (χ4v) is 3.06. The number of rotatable bonds is 9. The van der Waals surface area contributed by atoms with Crippen LogP contribution in [-0.2, 0) is 29.2 Å². The number of methoxy groups -OCH3 is 2. The van der Waals surface area contributed by atoms with E-state index >= 15 is 0 Å². The minimum absolute atomic E-state index is 0.119. The highest BCUT2D eigenvalue weighted by molar-refractivity contribution is 7.71. The van der Waals surface area contributed by atoms with Crippen molar-refractivity contribution < 1.29 is 18.7 Å².